The van der Waals surface area contributed by atoms with E-state index in [4.69, 9.17) is 5.73 Å². The van der Waals surface area contributed by atoms with Crippen molar-refractivity contribution in [2.45, 2.75) is 52.1 Å². The van der Waals surface area contributed by atoms with E-state index in [0.29, 0.717) is 12.1 Å². The maximum absolute atomic E-state index is 12.8. The summed E-state index contributed by atoms with van der Waals surface area (Å²) in [5.74, 6) is 4.42. The lowest BCUT2D eigenvalue weighted by atomic mass is 10.0. The summed E-state index contributed by atoms with van der Waals surface area (Å²) in [4.78, 5) is 40.6. The molecule has 2 rings (SSSR count). The van der Waals surface area contributed by atoms with E-state index in [0.717, 1.165) is 11.1 Å². The summed E-state index contributed by atoms with van der Waals surface area (Å²) >= 11 is 0. The van der Waals surface area contributed by atoms with Crippen LogP contribution in [0.1, 0.15) is 50.9 Å². The van der Waals surface area contributed by atoms with Crippen LogP contribution in [0.5, 0.6) is 0 Å². The van der Waals surface area contributed by atoms with Crippen molar-refractivity contribution in [3.8, 4) is 11.8 Å². The number of nitrogens with zero attached hydrogens (tertiary/aromatic N) is 1. The van der Waals surface area contributed by atoms with E-state index in [1.165, 1.54) is 6.42 Å². The first-order valence-corrected chi connectivity index (χ1v) is 10.8. The van der Waals surface area contributed by atoms with Crippen molar-refractivity contribution in [2.24, 2.45) is 11.7 Å². The molecule has 0 aliphatic rings. The van der Waals surface area contributed by atoms with Crippen molar-refractivity contribution in [1.29, 1.82) is 0 Å². The van der Waals surface area contributed by atoms with Gasteiger partial charge in [-0.1, -0.05) is 31.0 Å². The molecule has 33 heavy (non-hydrogen) atoms. The second-order valence-electron chi connectivity index (χ2n) is 8.91. The van der Waals surface area contributed by atoms with Gasteiger partial charge in [0.2, 0.25) is 17.7 Å². The van der Waals surface area contributed by atoms with Gasteiger partial charge >= 0.3 is 0 Å². The van der Waals surface area contributed by atoms with Crippen molar-refractivity contribution < 1.29 is 14.4 Å². The van der Waals surface area contributed by atoms with Crippen LogP contribution in [0.4, 0.5) is 0 Å². The SMILES string of the molecule is CC(C[CH]C(=O)NC(Cc1ccc(C#Cc2ccccn2)cc1)C(=O)NC(C)(C)C)C(N)=O. The van der Waals surface area contributed by atoms with E-state index in [2.05, 4.69) is 27.5 Å². The molecule has 0 saturated heterocycles. The Morgan fingerprint density at radius 2 is 1.79 bits per heavy atom. The van der Waals surface area contributed by atoms with E-state index < -0.39 is 29.3 Å². The third kappa shape index (κ3) is 9.56. The van der Waals surface area contributed by atoms with Gasteiger partial charge in [0.25, 0.3) is 0 Å². The monoisotopic (exact) mass is 447 g/mol. The molecule has 0 aliphatic heterocycles. The first-order chi connectivity index (χ1) is 15.5. The highest BCUT2D eigenvalue weighted by Crippen LogP contribution is 2.10. The molecule has 7 nitrogen and oxygen atoms in total. The molecule has 0 aliphatic carbocycles. The number of nitrogens with one attached hydrogen (secondary N) is 2. The minimum Gasteiger partial charge on any atom is -0.369 e. The standard InChI is InChI=1S/C26H31N4O3/c1-18(24(27)32)8-15-23(31)29-22(25(33)30-26(2,3)4)17-20-11-9-19(10-12-20)13-14-21-7-5-6-16-28-21/h5-7,9-12,15-16,18,22H,8,17H2,1-4H3,(H2,27,32)(H,29,31)(H,30,33). The van der Waals surface area contributed by atoms with Crippen LogP contribution in [0.3, 0.4) is 0 Å². The number of carbonyl (C=O) groups excluding carboxylic acids is 3. The molecule has 2 unspecified atom stereocenters. The first kappa shape index (κ1) is 25.6. The van der Waals surface area contributed by atoms with Crippen molar-refractivity contribution in [3.05, 3.63) is 71.9 Å². The van der Waals surface area contributed by atoms with Gasteiger partial charge in [-0.15, -0.1) is 0 Å². The first-order valence-electron chi connectivity index (χ1n) is 10.8. The molecule has 4 N–H and O–H groups in total. The minimum atomic E-state index is -0.776. The highest BCUT2D eigenvalue weighted by Gasteiger charge is 2.25. The van der Waals surface area contributed by atoms with Gasteiger partial charge in [-0.2, -0.15) is 0 Å². The molecule has 2 aromatic rings. The number of aromatic nitrogens is 1. The summed E-state index contributed by atoms with van der Waals surface area (Å²) in [5.41, 5.74) is 7.17. The molecule has 1 aromatic carbocycles. The number of pyridine rings is 1. The van der Waals surface area contributed by atoms with Gasteiger partial charge in [-0.05, 0) is 62.9 Å². The van der Waals surface area contributed by atoms with Gasteiger partial charge in [-0.3, -0.25) is 14.4 Å². The lowest BCUT2D eigenvalue weighted by molar-refractivity contribution is -0.128. The van der Waals surface area contributed by atoms with Crippen LogP contribution in [0.25, 0.3) is 0 Å². The van der Waals surface area contributed by atoms with Gasteiger partial charge in [-0.25, -0.2) is 4.98 Å². The van der Waals surface area contributed by atoms with Crippen LogP contribution >= 0.6 is 0 Å². The number of primary amides is 1. The summed E-state index contributed by atoms with van der Waals surface area (Å²) in [6.07, 6.45) is 3.55. The number of amides is 3. The van der Waals surface area contributed by atoms with Crippen molar-refractivity contribution in [3.63, 3.8) is 0 Å². The Balaban J connectivity index is 2.08. The van der Waals surface area contributed by atoms with E-state index in [1.807, 2.05) is 63.2 Å². The molecule has 1 radical (unpaired) electrons. The second kappa shape index (κ2) is 11.8. The second-order valence-corrected chi connectivity index (χ2v) is 8.91. The average molecular weight is 448 g/mol. The summed E-state index contributed by atoms with van der Waals surface area (Å²) in [7, 11) is 0. The fourth-order valence-electron chi connectivity index (χ4n) is 2.83. The predicted molar refractivity (Wildman–Crippen MR) is 127 cm³/mol. The minimum absolute atomic E-state index is 0.207. The zero-order valence-corrected chi connectivity index (χ0v) is 19.5. The van der Waals surface area contributed by atoms with Crippen molar-refractivity contribution in [2.75, 3.05) is 0 Å². The van der Waals surface area contributed by atoms with Crippen LogP contribution in [-0.2, 0) is 20.8 Å². The predicted octanol–water partition coefficient (Wildman–Crippen LogP) is 2.14. The van der Waals surface area contributed by atoms with Gasteiger partial charge in [0.1, 0.15) is 11.7 Å². The topological polar surface area (TPSA) is 114 Å². The summed E-state index contributed by atoms with van der Waals surface area (Å²) < 4.78 is 0. The van der Waals surface area contributed by atoms with Crippen LogP contribution < -0.4 is 16.4 Å². The number of nitrogens with two attached hydrogens (primary N) is 1. The quantitative estimate of drug-likeness (QED) is 0.538. The van der Waals surface area contributed by atoms with E-state index in [-0.39, 0.29) is 12.3 Å². The van der Waals surface area contributed by atoms with Crippen LogP contribution in [0.2, 0.25) is 0 Å². The Hall–Kier alpha value is -3.66. The fraction of sp³-hybridized carbons (Fsp3) is 0.346. The number of hydrogen-bond acceptors (Lipinski definition) is 4. The van der Waals surface area contributed by atoms with E-state index in [1.54, 1.807) is 13.1 Å². The zero-order valence-electron chi connectivity index (χ0n) is 19.5. The maximum Gasteiger partial charge on any atom is 0.243 e. The van der Waals surface area contributed by atoms with Crippen molar-refractivity contribution >= 4 is 17.7 Å². The molecular weight excluding hydrogens is 416 g/mol. The molecule has 2 atom stereocenters. The smallest absolute Gasteiger partial charge is 0.243 e. The third-order valence-electron chi connectivity index (χ3n) is 4.67. The molecule has 173 valence electrons. The highest BCUT2D eigenvalue weighted by atomic mass is 16.2. The molecule has 1 aromatic heterocycles. The number of carbonyl (C=O) groups is 3. The van der Waals surface area contributed by atoms with Crippen molar-refractivity contribution in [1.82, 2.24) is 15.6 Å². The summed E-state index contributed by atoms with van der Waals surface area (Å²) in [6.45, 7) is 7.27. The average Bonchev–Trinajstić information content (AvgIpc) is 2.76. The molecular formula is C26H31N4O3. The number of hydrogen-bond donors (Lipinski definition) is 3. The maximum atomic E-state index is 12.8. The van der Waals surface area contributed by atoms with E-state index in [9.17, 15) is 14.4 Å². The Labute approximate surface area is 195 Å². The number of benzene rings is 1. The Bertz CT molecular complexity index is 1020. The van der Waals surface area contributed by atoms with E-state index >= 15 is 0 Å². The lowest BCUT2D eigenvalue weighted by Crippen LogP contribution is -2.53. The van der Waals surface area contributed by atoms with Gasteiger partial charge in [0.15, 0.2) is 0 Å². The van der Waals surface area contributed by atoms with Gasteiger partial charge < -0.3 is 16.4 Å². The Morgan fingerprint density at radius 3 is 2.36 bits per heavy atom. The highest BCUT2D eigenvalue weighted by molar-refractivity contribution is 5.92. The molecule has 0 saturated carbocycles. The Kier molecular flexibility index (Phi) is 9.17. The van der Waals surface area contributed by atoms with Gasteiger partial charge in [0.05, 0.1) is 6.42 Å². The normalized spacial score (nSPS) is 12.6. The fourth-order valence-corrected chi connectivity index (χ4v) is 2.83. The summed E-state index contributed by atoms with van der Waals surface area (Å²) in [6, 6.07) is 12.3. The molecule has 7 heteroatoms. The molecule has 0 fully saturated rings. The van der Waals surface area contributed by atoms with Gasteiger partial charge in [0, 0.05) is 29.6 Å². The largest absolute Gasteiger partial charge is 0.369 e. The Morgan fingerprint density at radius 1 is 1.09 bits per heavy atom. The van der Waals surface area contributed by atoms with Crippen LogP contribution in [-0.4, -0.2) is 34.3 Å². The molecule has 3 amide bonds. The third-order valence-corrected chi connectivity index (χ3v) is 4.67. The molecule has 0 bridgehead atoms. The molecule has 1 heterocycles. The summed E-state index contributed by atoms with van der Waals surface area (Å²) in [5, 5.41) is 5.66. The van der Waals surface area contributed by atoms with Crippen LogP contribution in [0, 0.1) is 24.2 Å². The zero-order chi connectivity index (χ0) is 24.4. The molecule has 0 spiro atoms. The lowest BCUT2D eigenvalue weighted by Gasteiger charge is -2.25. The number of rotatable bonds is 8. The van der Waals surface area contributed by atoms with Crippen LogP contribution in [0.15, 0.2) is 48.7 Å².